The highest BCUT2D eigenvalue weighted by atomic mass is 79.9. The maximum Gasteiger partial charge on any atom is 0.0637 e. The molecule has 4 heteroatoms. The molecular formula is C17H29BrN2O. The van der Waals surface area contributed by atoms with Crippen molar-refractivity contribution in [2.24, 2.45) is 0 Å². The second-order valence-corrected chi connectivity index (χ2v) is 6.23. The molecule has 21 heavy (non-hydrogen) atoms. The van der Waals surface area contributed by atoms with Crippen LogP contribution in [0.1, 0.15) is 45.2 Å². The van der Waals surface area contributed by atoms with Crippen molar-refractivity contribution in [1.29, 1.82) is 0 Å². The molecular weight excluding hydrogens is 328 g/mol. The molecule has 1 rings (SSSR count). The maximum absolute atomic E-state index is 5.29. The molecule has 0 amide bonds. The lowest BCUT2D eigenvalue weighted by Gasteiger charge is -2.33. The zero-order chi connectivity index (χ0) is 15.8. The first-order valence-electron chi connectivity index (χ1n) is 7.81. The van der Waals surface area contributed by atoms with E-state index in [4.69, 9.17) is 4.74 Å². The third kappa shape index (κ3) is 4.97. The van der Waals surface area contributed by atoms with Crippen LogP contribution in [-0.2, 0) is 4.74 Å². The third-order valence-corrected chi connectivity index (χ3v) is 4.77. The van der Waals surface area contributed by atoms with Gasteiger partial charge in [-0.2, -0.15) is 0 Å². The fraction of sp³-hybridized carbons (Fsp3) is 0.647. The highest BCUT2D eigenvalue weighted by Crippen LogP contribution is 2.31. The second-order valence-electron chi connectivity index (χ2n) is 5.38. The van der Waals surface area contributed by atoms with Crippen LogP contribution in [0.3, 0.4) is 0 Å². The Morgan fingerprint density at radius 1 is 1.29 bits per heavy atom. The Kier molecular flexibility index (Phi) is 8.30. The molecule has 0 saturated carbocycles. The van der Waals surface area contributed by atoms with Gasteiger partial charge in [-0.05, 0) is 60.4 Å². The molecule has 120 valence electrons. The number of halogens is 1. The Morgan fingerprint density at radius 3 is 2.43 bits per heavy atom. The molecule has 0 aliphatic rings. The number of nitrogens with zero attached hydrogens (tertiary/aromatic N) is 1. The first kappa shape index (κ1) is 18.5. The van der Waals surface area contributed by atoms with Crippen molar-refractivity contribution in [3.63, 3.8) is 0 Å². The molecule has 0 aliphatic carbocycles. The quantitative estimate of drug-likeness (QED) is 0.710. The van der Waals surface area contributed by atoms with E-state index >= 15 is 0 Å². The van der Waals surface area contributed by atoms with Crippen molar-refractivity contribution in [3.05, 3.63) is 28.2 Å². The Bertz CT molecular complexity index is 421. The molecule has 1 unspecified atom stereocenters. The Balaban J connectivity index is 3.06. The van der Waals surface area contributed by atoms with E-state index in [0.29, 0.717) is 12.1 Å². The number of benzene rings is 1. The maximum atomic E-state index is 5.29. The average molecular weight is 357 g/mol. The summed E-state index contributed by atoms with van der Waals surface area (Å²) in [5, 5.41) is 3.28. The van der Waals surface area contributed by atoms with E-state index in [-0.39, 0.29) is 0 Å². The minimum Gasteiger partial charge on any atom is -0.383 e. The lowest BCUT2D eigenvalue weighted by Crippen LogP contribution is -2.37. The average Bonchev–Trinajstić information content (AvgIpc) is 2.51. The number of ether oxygens (including phenoxy) is 1. The van der Waals surface area contributed by atoms with Crippen molar-refractivity contribution < 1.29 is 4.74 Å². The van der Waals surface area contributed by atoms with E-state index in [1.165, 1.54) is 11.3 Å². The number of anilines is 1. The molecule has 0 aliphatic heterocycles. The van der Waals surface area contributed by atoms with Crippen molar-refractivity contribution in [2.75, 3.05) is 32.2 Å². The molecule has 0 saturated heterocycles. The van der Waals surface area contributed by atoms with E-state index in [9.17, 15) is 0 Å². The molecule has 0 radical (unpaired) electrons. The van der Waals surface area contributed by atoms with Gasteiger partial charge >= 0.3 is 0 Å². The molecule has 0 heterocycles. The summed E-state index contributed by atoms with van der Waals surface area (Å²) < 4.78 is 6.44. The molecule has 3 nitrogen and oxygen atoms in total. The lowest BCUT2D eigenvalue weighted by atomic mass is 10.1. The minimum atomic E-state index is 0.357. The summed E-state index contributed by atoms with van der Waals surface area (Å²) in [6.45, 7) is 8.34. The number of hydrogen-bond donors (Lipinski definition) is 1. The summed E-state index contributed by atoms with van der Waals surface area (Å²) >= 11 is 3.75. The van der Waals surface area contributed by atoms with Gasteiger partial charge < -0.3 is 15.0 Å². The van der Waals surface area contributed by atoms with Gasteiger partial charge in [0.25, 0.3) is 0 Å². The van der Waals surface area contributed by atoms with Crippen LogP contribution in [0, 0.1) is 0 Å². The van der Waals surface area contributed by atoms with E-state index in [1.54, 1.807) is 7.11 Å². The molecule has 1 atom stereocenters. The minimum absolute atomic E-state index is 0.357. The first-order valence-corrected chi connectivity index (χ1v) is 8.60. The molecule has 0 bridgehead atoms. The summed E-state index contributed by atoms with van der Waals surface area (Å²) in [5.74, 6) is 0. The summed E-state index contributed by atoms with van der Waals surface area (Å²) in [6.07, 6.45) is 2.28. The summed E-state index contributed by atoms with van der Waals surface area (Å²) in [5.41, 5.74) is 2.55. The molecule has 1 aromatic rings. The number of nitrogens with one attached hydrogen (secondary N) is 1. The van der Waals surface area contributed by atoms with Gasteiger partial charge in [-0.25, -0.2) is 0 Å². The number of methoxy groups -OCH3 is 1. The van der Waals surface area contributed by atoms with Crippen LogP contribution >= 0.6 is 15.9 Å². The van der Waals surface area contributed by atoms with Gasteiger partial charge in [0.05, 0.1) is 12.3 Å². The van der Waals surface area contributed by atoms with Crippen molar-refractivity contribution in [2.45, 2.75) is 45.7 Å². The largest absolute Gasteiger partial charge is 0.383 e. The van der Waals surface area contributed by atoms with Gasteiger partial charge in [-0.3, -0.25) is 0 Å². The van der Waals surface area contributed by atoms with Crippen molar-refractivity contribution in [1.82, 2.24) is 5.32 Å². The first-order chi connectivity index (χ1) is 10.1. The summed E-state index contributed by atoms with van der Waals surface area (Å²) in [6, 6.07) is 7.56. The van der Waals surface area contributed by atoms with E-state index in [1.807, 2.05) is 7.05 Å². The predicted octanol–water partition coefficient (Wildman–Crippen LogP) is 4.37. The highest BCUT2D eigenvalue weighted by molar-refractivity contribution is 9.10. The van der Waals surface area contributed by atoms with Crippen LogP contribution in [-0.4, -0.2) is 33.4 Å². The van der Waals surface area contributed by atoms with Gasteiger partial charge in [0.15, 0.2) is 0 Å². The summed E-state index contributed by atoms with van der Waals surface area (Å²) in [7, 11) is 3.75. The van der Waals surface area contributed by atoms with Gasteiger partial charge in [0.2, 0.25) is 0 Å². The smallest absolute Gasteiger partial charge is 0.0637 e. The van der Waals surface area contributed by atoms with Crippen molar-refractivity contribution in [3.8, 4) is 0 Å². The Labute approximate surface area is 138 Å². The van der Waals surface area contributed by atoms with Crippen LogP contribution in [0.2, 0.25) is 0 Å². The fourth-order valence-corrected chi connectivity index (χ4v) is 3.24. The molecule has 1 aromatic carbocycles. The van der Waals surface area contributed by atoms with Crippen LogP contribution < -0.4 is 10.2 Å². The summed E-state index contributed by atoms with van der Waals surface area (Å²) in [4.78, 5) is 2.46. The Hall–Kier alpha value is -0.580. The van der Waals surface area contributed by atoms with Gasteiger partial charge in [-0.1, -0.05) is 19.9 Å². The van der Waals surface area contributed by atoms with Crippen LogP contribution in [0.25, 0.3) is 0 Å². The Morgan fingerprint density at radius 2 is 1.95 bits per heavy atom. The van der Waals surface area contributed by atoms with E-state index < -0.39 is 0 Å². The second kappa shape index (κ2) is 9.44. The molecule has 0 spiro atoms. The zero-order valence-electron chi connectivity index (χ0n) is 13.9. The standard InChI is InChI=1S/C17H29BrN2O/c1-6-15(7-2)20(10-11-21-5)17-9-8-14(12-16(17)18)13(3)19-4/h8-9,12-13,15,19H,6-7,10-11H2,1-5H3. The van der Waals surface area contributed by atoms with Crippen molar-refractivity contribution >= 4 is 21.6 Å². The van der Waals surface area contributed by atoms with Gasteiger partial charge in [0.1, 0.15) is 0 Å². The fourth-order valence-electron chi connectivity index (χ4n) is 2.61. The van der Waals surface area contributed by atoms with Gasteiger partial charge in [-0.15, -0.1) is 0 Å². The van der Waals surface area contributed by atoms with E-state index in [2.05, 4.69) is 65.1 Å². The van der Waals surface area contributed by atoms with E-state index in [0.717, 1.165) is 30.5 Å². The van der Waals surface area contributed by atoms with Crippen LogP contribution in [0.5, 0.6) is 0 Å². The lowest BCUT2D eigenvalue weighted by molar-refractivity contribution is 0.202. The zero-order valence-corrected chi connectivity index (χ0v) is 15.5. The number of rotatable bonds is 9. The van der Waals surface area contributed by atoms with Crippen LogP contribution in [0.4, 0.5) is 5.69 Å². The third-order valence-electron chi connectivity index (χ3n) is 4.13. The topological polar surface area (TPSA) is 24.5 Å². The SMILES string of the molecule is CCC(CC)N(CCOC)c1ccc(C(C)NC)cc1Br. The molecule has 0 aromatic heterocycles. The van der Waals surface area contributed by atoms with Gasteiger partial charge in [0, 0.05) is 30.2 Å². The van der Waals surface area contributed by atoms with Crippen LogP contribution in [0.15, 0.2) is 22.7 Å². The normalized spacial score (nSPS) is 12.7. The highest BCUT2D eigenvalue weighted by Gasteiger charge is 2.18. The molecule has 1 N–H and O–H groups in total. The predicted molar refractivity (Wildman–Crippen MR) is 95.2 cm³/mol. The molecule has 0 fully saturated rings. The number of hydrogen-bond acceptors (Lipinski definition) is 3. The monoisotopic (exact) mass is 356 g/mol.